The molecule has 0 nitrogen and oxygen atoms in total. The maximum Gasteiger partial charge on any atom is -0.00212 e. The summed E-state index contributed by atoms with van der Waals surface area (Å²) < 4.78 is 0. The van der Waals surface area contributed by atoms with Crippen LogP contribution < -0.4 is 0 Å². The Bertz CT molecular complexity index is 656. The Morgan fingerprint density at radius 3 is 1.86 bits per heavy atom. The van der Waals surface area contributed by atoms with Crippen LogP contribution in [0.1, 0.15) is 20.3 Å². The van der Waals surface area contributed by atoms with Crippen molar-refractivity contribution in [3.05, 3.63) is 83.3 Å². The van der Waals surface area contributed by atoms with E-state index in [1.807, 2.05) is 0 Å². The summed E-state index contributed by atoms with van der Waals surface area (Å²) in [5.74, 6) is 0.638. The van der Waals surface area contributed by atoms with Crippen molar-refractivity contribution in [3.63, 3.8) is 0 Å². The molecule has 0 heterocycles. The minimum atomic E-state index is -1.19. The molecule has 0 N–H and O–H groups in total. The van der Waals surface area contributed by atoms with E-state index in [9.17, 15) is 0 Å². The molecule has 0 aliphatic heterocycles. The topological polar surface area (TPSA) is 0 Å². The van der Waals surface area contributed by atoms with Crippen LogP contribution in [0, 0.1) is 5.92 Å². The molecular formula is C21H24S. The highest BCUT2D eigenvalue weighted by Gasteiger charge is 2.30. The Hall–Kier alpha value is -1.73. The molecule has 3 rings (SSSR count). The van der Waals surface area contributed by atoms with E-state index in [4.69, 9.17) is 0 Å². The average Bonchev–Trinajstić information content (AvgIpc) is 2.58. The number of hydrogen-bond acceptors (Lipinski definition) is 0. The summed E-state index contributed by atoms with van der Waals surface area (Å²) >= 11 is 0. The lowest BCUT2D eigenvalue weighted by Crippen LogP contribution is -2.10. The van der Waals surface area contributed by atoms with Crippen molar-refractivity contribution in [2.75, 3.05) is 6.26 Å². The zero-order chi connectivity index (χ0) is 15.6. The summed E-state index contributed by atoms with van der Waals surface area (Å²) in [5.41, 5.74) is 1.55. The van der Waals surface area contributed by atoms with Crippen molar-refractivity contribution in [1.29, 1.82) is 0 Å². The molecule has 0 radical (unpaired) electrons. The first-order valence-corrected chi connectivity index (χ1v) is 9.94. The Labute approximate surface area is 135 Å². The first-order valence-electron chi connectivity index (χ1n) is 7.90. The van der Waals surface area contributed by atoms with Crippen molar-refractivity contribution < 1.29 is 0 Å². The maximum atomic E-state index is 2.44. The molecule has 0 saturated heterocycles. The first kappa shape index (κ1) is 15.2. The van der Waals surface area contributed by atoms with Crippen LogP contribution in [0.5, 0.6) is 0 Å². The quantitative estimate of drug-likeness (QED) is 0.614. The van der Waals surface area contributed by atoms with Gasteiger partial charge in [0, 0.05) is 0 Å². The van der Waals surface area contributed by atoms with Gasteiger partial charge < -0.3 is 0 Å². The molecule has 1 atom stereocenters. The Balaban J connectivity index is 2.25. The zero-order valence-corrected chi connectivity index (χ0v) is 14.4. The molecule has 1 heteroatoms. The largest absolute Gasteiger partial charge is 0.163 e. The van der Waals surface area contributed by atoms with Crippen molar-refractivity contribution in [3.8, 4) is 0 Å². The molecule has 114 valence electrons. The first-order chi connectivity index (χ1) is 10.6. The van der Waals surface area contributed by atoms with Crippen LogP contribution in [-0.2, 0) is 0 Å². The van der Waals surface area contributed by atoms with E-state index < -0.39 is 10.0 Å². The summed E-state index contributed by atoms with van der Waals surface area (Å²) in [6, 6.07) is 22.0. The van der Waals surface area contributed by atoms with Gasteiger partial charge in [-0.15, -0.1) is 0 Å². The van der Waals surface area contributed by atoms with E-state index in [1.165, 1.54) is 14.7 Å². The Morgan fingerprint density at radius 1 is 0.864 bits per heavy atom. The fraction of sp³-hybridized carbons (Fsp3) is 0.238. The van der Waals surface area contributed by atoms with Gasteiger partial charge in [-0.25, -0.2) is 0 Å². The molecular weight excluding hydrogens is 284 g/mol. The van der Waals surface area contributed by atoms with Crippen molar-refractivity contribution >= 4 is 10.0 Å². The van der Waals surface area contributed by atoms with E-state index in [2.05, 4.69) is 92.9 Å². The third-order valence-electron chi connectivity index (χ3n) is 4.76. The van der Waals surface area contributed by atoms with Crippen molar-refractivity contribution in [2.24, 2.45) is 5.92 Å². The van der Waals surface area contributed by atoms with Gasteiger partial charge in [-0.2, -0.15) is 10.0 Å². The van der Waals surface area contributed by atoms with Gasteiger partial charge in [0.1, 0.15) is 0 Å². The van der Waals surface area contributed by atoms with Crippen LogP contribution in [0.2, 0.25) is 0 Å². The maximum absolute atomic E-state index is 2.44. The molecule has 2 aromatic rings. The van der Waals surface area contributed by atoms with Crippen molar-refractivity contribution in [1.82, 2.24) is 0 Å². The molecule has 0 spiro atoms. The standard InChI is InChI=1S/C21H24S/c1-17-11-10-16-21(18(17)2)22(3,19-12-6-4-7-13-19)20-14-8-5-9-15-20/h4-10,12-17H,11H2,1-3H3. The number of hydrogen-bond donors (Lipinski definition) is 0. The van der Waals surface area contributed by atoms with Gasteiger partial charge in [-0.05, 0) is 64.5 Å². The number of benzene rings is 2. The summed E-state index contributed by atoms with van der Waals surface area (Å²) in [4.78, 5) is 4.41. The molecule has 0 bridgehead atoms. The minimum Gasteiger partial charge on any atom is -0.163 e. The van der Waals surface area contributed by atoms with Gasteiger partial charge in [0.2, 0.25) is 0 Å². The minimum absolute atomic E-state index is 0.638. The van der Waals surface area contributed by atoms with Gasteiger partial charge in [-0.1, -0.05) is 61.0 Å². The molecule has 0 fully saturated rings. The molecule has 1 unspecified atom stereocenters. The van der Waals surface area contributed by atoms with Crippen LogP contribution in [0.25, 0.3) is 0 Å². The molecule has 22 heavy (non-hydrogen) atoms. The molecule has 1 aliphatic rings. The van der Waals surface area contributed by atoms with Crippen LogP contribution in [-0.4, -0.2) is 6.26 Å². The van der Waals surface area contributed by atoms with E-state index in [1.54, 1.807) is 5.57 Å². The second-order valence-corrected chi connectivity index (χ2v) is 9.35. The van der Waals surface area contributed by atoms with Gasteiger partial charge in [0.05, 0.1) is 0 Å². The van der Waals surface area contributed by atoms with E-state index in [-0.39, 0.29) is 0 Å². The van der Waals surface area contributed by atoms with Crippen LogP contribution >= 0.6 is 10.0 Å². The number of rotatable bonds is 3. The van der Waals surface area contributed by atoms with Gasteiger partial charge in [-0.3, -0.25) is 0 Å². The molecule has 1 aliphatic carbocycles. The SMILES string of the molecule is CC1=C(S(C)(c2ccccc2)c2ccccc2)C=CCC1C. The normalized spacial score (nSPS) is 19.3. The average molecular weight is 308 g/mol. The Morgan fingerprint density at radius 2 is 1.36 bits per heavy atom. The molecule has 0 amide bonds. The lowest BCUT2D eigenvalue weighted by atomic mass is 9.95. The third-order valence-corrected chi connectivity index (χ3v) is 8.52. The second-order valence-electron chi connectivity index (χ2n) is 6.13. The van der Waals surface area contributed by atoms with Crippen molar-refractivity contribution in [2.45, 2.75) is 30.1 Å². The highest BCUT2D eigenvalue weighted by Crippen LogP contribution is 2.67. The fourth-order valence-electron chi connectivity index (χ4n) is 3.16. The summed E-state index contributed by atoms with van der Waals surface area (Å²) in [7, 11) is -1.19. The van der Waals surface area contributed by atoms with E-state index in [0.29, 0.717) is 5.92 Å². The van der Waals surface area contributed by atoms with Crippen LogP contribution in [0.4, 0.5) is 0 Å². The lowest BCUT2D eigenvalue weighted by Gasteiger charge is -2.41. The fourth-order valence-corrected chi connectivity index (χ4v) is 6.56. The highest BCUT2D eigenvalue weighted by molar-refractivity contribution is 8.36. The monoisotopic (exact) mass is 308 g/mol. The molecule has 2 aromatic carbocycles. The highest BCUT2D eigenvalue weighted by atomic mass is 32.3. The Kier molecular flexibility index (Phi) is 4.26. The van der Waals surface area contributed by atoms with Crippen LogP contribution in [0.3, 0.4) is 0 Å². The summed E-state index contributed by atoms with van der Waals surface area (Å²) in [6.07, 6.45) is 8.34. The van der Waals surface area contributed by atoms with Gasteiger partial charge in [0.15, 0.2) is 0 Å². The predicted molar refractivity (Wildman–Crippen MR) is 98.6 cm³/mol. The summed E-state index contributed by atoms with van der Waals surface area (Å²) in [6.45, 7) is 4.66. The van der Waals surface area contributed by atoms with Gasteiger partial charge in [0.25, 0.3) is 0 Å². The smallest absolute Gasteiger partial charge is 0.00212 e. The second kappa shape index (κ2) is 6.18. The third kappa shape index (κ3) is 2.55. The molecule has 0 saturated carbocycles. The molecule has 0 aromatic heterocycles. The predicted octanol–water partition coefficient (Wildman–Crippen LogP) is 6.41. The van der Waals surface area contributed by atoms with E-state index in [0.717, 1.165) is 6.42 Å². The van der Waals surface area contributed by atoms with Crippen LogP contribution in [0.15, 0.2) is 93.1 Å². The number of allylic oxidation sites excluding steroid dienone is 3. The zero-order valence-electron chi connectivity index (χ0n) is 13.6. The lowest BCUT2D eigenvalue weighted by molar-refractivity contribution is 0.684. The van der Waals surface area contributed by atoms with E-state index >= 15 is 0 Å². The van der Waals surface area contributed by atoms with Gasteiger partial charge >= 0.3 is 0 Å². The summed E-state index contributed by atoms with van der Waals surface area (Å²) in [5, 5.41) is 0.